The van der Waals surface area contributed by atoms with Crippen molar-refractivity contribution < 1.29 is 14.6 Å². The number of benzene rings is 3. The maximum absolute atomic E-state index is 11.9. The summed E-state index contributed by atoms with van der Waals surface area (Å²) in [5.74, 6) is -0.271. The molecule has 0 aliphatic carbocycles. The Kier molecular flexibility index (Phi) is 10.3. The predicted molar refractivity (Wildman–Crippen MR) is 102 cm³/mol. The van der Waals surface area contributed by atoms with Crippen LogP contribution in [0.1, 0.15) is 22.0 Å². The molecule has 1 N–H and O–H groups in total. The first-order chi connectivity index (χ1) is 12.2. The molecule has 0 spiro atoms. The van der Waals surface area contributed by atoms with Crippen LogP contribution in [0.5, 0.6) is 0 Å². The molecule has 1 atom stereocenters. The van der Waals surface area contributed by atoms with Crippen molar-refractivity contribution in [3.05, 3.63) is 108 Å². The normalized spacial score (nSPS) is 10.4. The van der Waals surface area contributed by atoms with Crippen LogP contribution in [0.4, 0.5) is 0 Å². The fourth-order valence-corrected chi connectivity index (χ4v) is 1.93. The molecule has 3 heteroatoms. The molecule has 3 nitrogen and oxygen atoms in total. The van der Waals surface area contributed by atoms with Gasteiger partial charge in [-0.15, -0.1) is 0 Å². The van der Waals surface area contributed by atoms with Crippen LogP contribution in [0.15, 0.2) is 97.1 Å². The largest absolute Gasteiger partial charge is 0.388 e. The summed E-state index contributed by atoms with van der Waals surface area (Å²) < 4.78 is 4.25. The molecule has 0 saturated carbocycles. The van der Waals surface area contributed by atoms with Gasteiger partial charge in [-0.1, -0.05) is 97.1 Å². The minimum absolute atomic E-state index is 0.271. The molecule has 0 bridgehead atoms. The third kappa shape index (κ3) is 8.06. The van der Waals surface area contributed by atoms with E-state index >= 15 is 0 Å². The molecule has 25 heavy (non-hydrogen) atoms. The highest BCUT2D eigenvalue weighted by Crippen LogP contribution is 2.17. The number of ketones is 1. The first kappa shape index (κ1) is 20.3. The van der Waals surface area contributed by atoms with Gasteiger partial charge < -0.3 is 9.84 Å². The third-order valence-corrected chi connectivity index (χ3v) is 3.09. The highest BCUT2D eigenvalue weighted by Gasteiger charge is 2.18. The van der Waals surface area contributed by atoms with E-state index in [0.717, 1.165) is 0 Å². The number of ether oxygens (including phenoxy) is 1. The van der Waals surface area contributed by atoms with Crippen molar-refractivity contribution in [2.75, 3.05) is 14.2 Å². The molecule has 1 unspecified atom stereocenters. The Labute approximate surface area is 149 Å². The van der Waals surface area contributed by atoms with E-state index in [4.69, 9.17) is 0 Å². The quantitative estimate of drug-likeness (QED) is 0.714. The lowest BCUT2D eigenvalue weighted by Crippen LogP contribution is -2.11. The molecule has 3 rings (SSSR count). The van der Waals surface area contributed by atoms with E-state index in [1.807, 2.05) is 48.5 Å². The summed E-state index contributed by atoms with van der Waals surface area (Å²) in [6, 6.07) is 29.7. The number of rotatable bonds is 3. The Morgan fingerprint density at radius 1 is 0.720 bits per heavy atom. The number of aliphatic hydroxyl groups excluding tert-OH is 1. The molecule has 0 saturated heterocycles. The van der Waals surface area contributed by atoms with Gasteiger partial charge in [-0.25, -0.2) is 0 Å². The average Bonchev–Trinajstić information content (AvgIpc) is 2.70. The zero-order valence-corrected chi connectivity index (χ0v) is 14.6. The summed E-state index contributed by atoms with van der Waals surface area (Å²) in [5, 5.41) is 9.89. The Hall–Kier alpha value is -2.75. The van der Waals surface area contributed by atoms with Crippen molar-refractivity contribution in [1.82, 2.24) is 0 Å². The Morgan fingerprint density at radius 3 is 1.44 bits per heavy atom. The van der Waals surface area contributed by atoms with Crippen molar-refractivity contribution in [1.29, 1.82) is 0 Å². The van der Waals surface area contributed by atoms with Crippen LogP contribution in [-0.4, -0.2) is 25.1 Å². The number of carbonyl (C=O) groups excluding carboxylic acids is 1. The maximum Gasteiger partial charge on any atom is 0.195 e. The van der Waals surface area contributed by atoms with Crippen molar-refractivity contribution in [2.45, 2.75) is 6.10 Å². The van der Waals surface area contributed by atoms with Crippen molar-refractivity contribution >= 4 is 5.78 Å². The molecule has 0 aliphatic rings. The van der Waals surface area contributed by atoms with Crippen LogP contribution < -0.4 is 0 Å². The smallest absolute Gasteiger partial charge is 0.195 e. The van der Waals surface area contributed by atoms with Gasteiger partial charge >= 0.3 is 0 Å². The Morgan fingerprint density at radius 2 is 1.04 bits per heavy atom. The van der Waals surface area contributed by atoms with Crippen LogP contribution in [-0.2, 0) is 4.74 Å². The van der Waals surface area contributed by atoms with E-state index in [1.165, 1.54) is 0 Å². The van der Waals surface area contributed by atoms with Gasteiger partial charge in [-0.05, 0) is 5.56 Å². The number of carbonyl (C=O) groups is 1. The number of hydrogen-bond donors (Lipinski definition) is 1. The first-order valence-electron chi connectivity index (χ1n) is 7.93. The summed E-state index contributed by atoms with van der Waals surface area (Å²) in [5.41, 5.74) is 1.15. The second-order valence-corrected chi connectivity index (χ2v) is 5.11. The zero-order valence-electron chi connectivity index (χ0n) is 14.6. The molecular formula is C22H24O3. The fraction of sp³-hybridized carbons (Fsp3) is 0.136. The van der Waals surface area contributed by atoms with Gasteiger partial charge in [-0.3, -0.25) is 4.79 Å². The molecule has 0 fully saturated rings. The standard InChI is InChI=1S/C14H12O2.C6H6.C2H6O/c15-13(11-7-3-1-4-8-11)14(16)12-9-5-2-6-10-12;1-2-4-6-5-3-1;1-3-2/h1-10,13,15H;1-6H;1-2H3. The van der Waals surface area contributed by atoms with Crippen molar-refractivity contribution in [3.8, 4) is 0 Å². The van der Waals surface area contributed by atoms with Gasteiger partial charge in [-0.2, -0.15) is 0 Å². The first-order valence-corrected chi connectivity index (χ1v) is 7.93. The molecule has 0 heterocycles. The molecule has 0 amide bonds. The van der Waals surface area contributed by atoms with Crippen LogP contribution in [0.25, 0.3) is 0 Å². The van der Waals surface area contributed by atoms with Crippen LogP contribution in [0.3, 0.4) is 0 Å². The van der Waals surface area contributed by atoms with Gasteiger partial charge in [0.2, 0.25) is 0 Å². The van der Waals surface area contributed by atoms with Gasteiger partial charge in [0.25, 0.3) is 0 Å². The predicted octanol–water partition coefficient (Wildman–Crippen LogP) is 4.55. The number of aliphatic hydroxyl groups is 1. The molecule has 3 aromatic rings. The highest BCUT2D eigenvalue weighted by atomic mass is 16.4. The van der Waals surface area contributed by atoms with E-state index in [9.17, 15) is 9.90 Å². The van der Waals surface area contributed by atoms with Gasteiger partial charge in [0.05, 0.1) is 0 Å². The minimum atomic E-state index is -1.08. The molecule has 130 valence electrons. The van der Waals surface area contributed by atoms with Crippen molar-refractivity contribution in [3.63, 3.8) is 0 Å². The lowest BCUT2D eigenvalue weighted by molar-refractivity contribution is 0.0747. The van der Waals surface area contributed by atoms with E-state index in [-0.39, 0.29) is 5.78 Å². The topological polar surface area (TPSA) is 46.5 Å². The second-order valence-electron chi connectivity index (χ2n) is 5.11. The lowest BCUT2D eigenvalue weighted by atomic mass is 10.0. The van der Waals surface area contributed by atoms with E-state index < -0.39 is 6.10 Å². The molecule has 3 aromatic carbocycles. The Bertz CT molecular complexity index is 656. The van der Waals surface area contributed by atoms with E-state index in [2.05, 4.69) is 4.74 Å². The summed E-state index contributed by atoms with van der Waals surface area (Å²) in [6.07, 6.45) is -1.08. The second kappa shape index (κ2) is 12.6. The number of hydrogen-bond acceptors (Lipinski definition) is 3. The summed E-state index contributed by atoms with van der Waals surface area (Å²) in [7, 11) is 3.25. The molecule has 0 aliphatic heterocycles. The third-order valence-electron chi connectivity index (χ3n) is 3.09. The fourth-order valence-electron chi connectivity index (χ4n) is 1.93. The van der Waals surface area contributed by atoms with Crippen LogP contribution in [0.2, 0.25) is 0 Å². The Balaban J connectivity index is 0.000000287. The number of Topliss-reactive ketones (excluding diaryl/α,β-unsaturated/α-hetero) is 1. The van der Waals surface area contributed by atoms with Gasteiger partial charge in [0.1, 0.15) is 6.10 Å². The SMILES string of the molecule is COC.O=C(c1ccccc1)C(O)c1ccccc1.c1ccccc1. The maximum atomic E-state index is 11.9. The number of methoxy groups -OCH3 is 1. The monoisotopic (exact) mass is 336 g/mol. The summed E-state index contributed by atoms with van der Waals surface area (Å²) in [6.45, 7) is 0. The molecule has 0 radical (unpaired) electrons. The minimum Gasteiger partial charge on any atom is -0.388 e. The average molecular weight is 336 g/mol. The van der Waals surface area contributed by atoms with E-state index in [0.29, 0.717) is 11.1 Å². The zero-order chi connectivity index (χ0) is 18.3. The molecular weight excluding hydrogens is 312 g/mol. The van der Waals surface area contributed by atoms with Crippen LogP contribution in [0, 0.1) is 0 Å². The summed E-state index contributed by atoms with van der Waals surface area (Å²) in [4.78, 5) is 11.9. The van der Waals surface area contributed by atoms with E-state index in [1.54, 1.807) is 62.8 Å². The van der Waals surface area contributed by atoms with Crippen LogP contribution >= 0.6 is 0 Å². The lowest BCUT2D eigenvalue weighted by Gasteiger charge is -2.09. The highest BCUT2D eigenvalue weighted by molar-refractivity contribution is 5.99. The van der Waals surface area contributed by atoms with Crippen molar-refractivity contribution in [2.24, 2.45) is 0 Å². The van der Waals surface area contributed by atoms with Gasteiger partial charge in [0, 0.05) is 19.8 Å². The van der Waals surface area contributed by atoms with Gasteiger partial charge in [0.15, 0.2) is 5.78 Å². The molecule has 0 aromatic heterocycles. The summed E-state index contributed by atoms with van der Waals surface area (Å²) >= 11 is 0.